The molecule has 25 heavy (non-hydrogen) atoms. The summed E-state index contributed by atoms with van der Waals surface area (Å²) in [4.78, 5) is 15.3. The number of aromatic amines is 1. The van der Waals surface area contributed by atoms with E-state index in [9.17, 15) is 4.79 Å². The monoisotopic (exact) mass is 343 g/mol. The number of hydrogen-bond donors (Lipinski definition) is 1. The largest absolute Gasteiger partial charge is 0.462 e. The number of hydrogen-bond acceptors (Lipinski definition) is 2. The molecule has 0 spiro atoms. The Bertz CT molecular complexity index is 645. The lowest BCUT2D eigenvalue weighted by atomic mass is 10.1. The maximum atomic E-state index is 11.8. The average Bonchev–Trinajstić information content (AvgIpc) is 3.02. The summed E-state index contributed by atoms with van der Waals surface area (Å²) in [5.41, 5.74) is 2.99. The molecule has 0 bridgehead atoms. The van der Waals surface area contributed by atoms with Crippen LogP contribution in [0.2, 0.25) is 0 Å². The summed E-state index contributed by atoms with van der Waals surface area (Å²) < 4.78 is 5.07. The van der Waals surface area contributed by atoms with Gasteiger partial charge < -0.3 is 9.72 Å². The molecule has 0 atom stereocenters. The Balaban J connectivity index is 1.72. The van der Waals surface area contributed by atoms with E-state index in [-0.39, 0.29) is 5.97 Å². The molecular formula is C22H33NO2. The zero-order chi connectivity index (χ0) is 17.9. The van der Waals surface area contributed by atoms with Gasteiger partial charge in [-0.2, -0.15) is 0 Å². The molecule has 0 amide bonds. The van der Waals surface area contributed by atoms with Crippen molar-refractivity contribution in [2.45, 2.75) is 78.1 Å². The highest BCUT2D eigenvalue weighted by Gasteiger charge is 2.08. The smallest absolute Gasteiger partial charge is 0.338 e. The first-order chi connectivity index (χ1) is 12.2. The van der Waals surface area contributed by atoms with Crippen molar-refractivity contribution in [1.82, 2.24) is 4.98 Å². The van der Waals surface area contributed by atoms with Crippen LogP contribution in [-0.4, -0.2) is 17.6 Å². The van der Waals surface area contributed by atoms with Crippen LogP contribution in [0, 0.1) is 0 Å². The van der Waals surface area contributed by atoms with Gasteiger partial charge in [0.2, 0.25) is 0 Å². The van der Waals surface area contributed by atoms with Gasteiger partial charge in [0.05, 0.1) is 12.2 Å². The van der Waals surface area contributed by atoms with Crippen molar-refractivity contribution < 1.29 is 9.53 Å². The van der Waals surface area contributed by atoms with Crippen LogP contribution in [0.4, 0.5) is 0 Å². The normalized spacial score (nSPS) is 11.1. The molecule has 0 unspecified atom stereocenters. The zero-order valence-electron chi connectivity index (χ0n) is 15.9. The highest BCUT2D eigenvalue weighted by molar-refractivity contribution is 5.94. The van der Waals surface area contributed by atoms with Gasteiger partial charge in [-0.05, 0) is 44.0 Å². The van der Waals surface area contributed by atoms with Crippen LogP contribution in [0.1, 0.15) is 87.7 Å². The Kier molecular flexibility index (Phi) is 8.58. The second-order valence-corrected chi connectivity index (χ2v) is 6.90. The van der Waals surface area contributed by atoms with E-state index in [1.54, 1.807) is 0 Å². The van der Waals surface area contributed by atoms with E-state index in [4.69, 9.17) is 4.74 Å². The maximum Gasteiger partial charge on any atom is 0.338 e. The summed E-state index contributed by atoms with van der Waals surface area (Å²) in [7, 11) is 0. The lowest BCUT2D eigenvalue weighted by molar-refractivity contribution is 0.0526. The fourth-order valence-corrected chi connectivity index (χ4v) is 3.29. The van der Waals surface area contributed by atoms with Crippen LogP contribution >= 0.6 is 0 Å². The molecule has 0 aliphatic rings. The number of fused-ring (bicyclic) bond motifs is 1. The van der Waals surface area contributed by atoms with Gasteiger partial charge >= 0.3 is 5.97 Å². The summed E-state index contributed by atoms with van der Waals surface area (Å²) >= 11 is 0. The quantitative estimate of drug-likeness (QED) is 0.357. The van der Waals surface area contributed by atoms with Crippen molar-refractivity contribution in [1.29, 1.82) is 0 Å². The number of unbranched alkanes of at least 4 members (excludes halogenated alkanes) is 8. The van der Waals surface area contributed by atoms with Crippen molar-refractivity contribution in [3.63, 3.8) is 0 Å². The van der Waals surface area contributed by atoms with Gasteiger partial charge in [-0.1, -0.05) is 58.3 Å². The van der Waals surface area contributed by atoms with Crippen LogP contribution in [0.15, 0.2) is 24.3 Å². The van der Waals surface area contributed by atoms with Gasteiger partial charge in [0, 0.05) is 16.6 Å². The third-order valence-electron chi connectivity index (χ3n) is 4.74. The molecule has 0 saturated heterocycles. The summed E-state index contributed by atoms with van der Waals surface area (Å²) in [5.74, 6) is -0.244. The minimum Gasteiger partial charge on any atom is -0.462 e. The van der Waals surface area contributed by atoms with E-state index in [2.05, 4.69) is 18.0 Å². The zero-order valence-corrected chi connectivity index (χ0v) is 15.9. The van der Waals surface area contributed by atoms with Gasteiger partial charge in [-0.3, -0.25) is 0 Å². The standard InChI is InChI=1S/C22H33NO2/c1-3-5-6-7-8-9-10-11-12-13-20-17-19-16-18(22(24)25-4-2)14-15-21(19)23-20/h14-17,23H,3-13H2,1-2H3. The SMILES string of the molecule is CCCCCCCCCCCc1cc2cc(C(=O)OCC)ccc2[nH]1. The first-order valence-corrected chi connectivity index (χ1v) is 10.0. The number of benzene rings is 1. The van der Waals surface area contributed by atoms with Crippen molar-refractivity contribution in [2.75, 3.05) is 6.61 Å². The number of nitrogens with one attached hydrogen (secondary N) is 1. The molecule has 138 valence electrons. The molecule has 1 aromatic heterocycles. The topological polar surface area (TPSA) is 42.1 Å². The number of esters is 1. The maximum absolute atomic E-state index is 11.8. The van der Waals surface area contributed by atoms with E-state index in [1.807, 2.05) is 25.1 Å². The van der Waals surface area contributed by atoms with E-state index in [0.29, 0.717) is 12.2 Å². The number of aryl methyl sites for hydroxylation is 1. The molecule has 0 saturated carbocycles. The van der Waals surface area contributed by atoms with Gasteiger partial charge in [-0.25, -0.2) is 4.79 Å². The molecule has 2 aromatic rings. The number of H-pyrrole nitrogens is 1. The first-order valence-electron chi connectivity index (χ1n) is 10.0. The number of carbonyl (C=O) groups is 1. The predicted octanol–water partition coefficient (Wildman–Crippen LogP) is 6.42. The number of aromatic nitrogens is 1. The Morgan fingerprint density at radius 2 is 1.60 bits per heavy atom. The fraction of sp³-hybridized carbons (Fsp3) is 0.591. The van der Waals surface area contributed by atoms with Crippen molar-refractivity contribution in [2.24, 2.45) is 0 Å². The second-order valence-electron chi connectivity index (χ2n) is 6.90. The third-order valence-corrected chi connectivity index (χ3v) is 4.74. The summed E-state index contributed by atoms with van der Waals surface area (Å²) in [6.45, 7) is 4.51. The van der Waals surface area contributed by atoms with Crippen LogP contribution in [0.25, 0.3) is 10.9 Å². The Morgan fingerprint density at radius 1 is 0.920 bits per heavy atom. The molecule has 1 N–H and O–H groups in total. The molecule has 3 nitrogen and oxygen atoms in total. The van der Waals surface area contributed by atoms with Crippen molar-refractivity contribution in [3.05, 3.63) is 35.5 Å². The Labute approximate surface area is 152 Å². The molecule has 0 radical (unpaired) electrons. The molecule has 0 aliphatic carbocycles. The lowest BCUT2D eigenvalue weighted by Crippen LogP contribution is -2.03. The van der Waals surface area contributed by atoms with Crippen LogP contribution in [-0.2, 0) is 11.2 Å². The fourth-order valence-electron chi connectivity index (χ4n) is 3.29. The molecule has 1 heterocycles. The van der Waals surface area contributed by atoms with E-state index in [1.165, 1.54) is 63.5 Å². The summed E-state index contributed by atoms with van der Waals surface area (Å²) in [6, 6.07) is 7.90. The van der Waals surface area contributed by atoms with Gasteiger partial charge in [0.25, 0.3) is 0 Å². The average molecular weight is 344 g/mol. The Hall–Kier alpha value is -1.77. The first kappa shape index (κ1) is 19.6. The molecule has 1 aromatic carbocycles. The number of carbonyl (C=O) groups excluding carboxylic acids is 1. The highest BCUT2D eigenvalue weighted by atomic mass is 16.5. The molecule has 3 heteroatoms. The molecule has 2 rings (SSSR count). The molecule has 0 aliphatic heterocycles. The van der Waals surface area contributed by atoms with Crippen molar-refractivity contribution >= 4 is 16.9 Å². The van der Waals surface area contributed by atoms with Gasteiger partial charge in [-0.15, -0.1) is 0 Å². The third kappa shape index (κ3) is 6.56. The number of rotatable bonds is 12. The summed E-state index contributed by atoms with van der Waals surface area (Å²) in [5, 5.41) is 1.09. The Morgan fingerprint density at radius 3 is 2.28 bits per heavy atom. The second kappa shape index (κ2) is 11.0. The van der Waals surface area contributed by atoms with E-state index >= 15 is 0 Å². The van der Waals surface area contributed by atoms with E-state index in [0.717, 1.165) is 17.3 Å². The summed E-state index contributed by atoms with van der Waals surface area (Å²) in [6.07, 6.45) is 13.2. The minimum absolute atomic E-state index is 0.244. The van der Waals surface area contributed by atoms with Crippen LogP contribution in [0.3, 0.4) is 0 Å². The minimum atomic E-state index is -0.244. The van der Waals surface area contributed by atoms with E-state index < -0.39 is 0 Å². The molecule has 0 fully saturated rings. The number of ether oxygens (including phenoxy) is 1. The highest BCUT2D eigenvalue weighted by Crippen LogP contribution is 2.20. The predicted molar refractivity (Wildman–Crippen MR) is 105 cm³/mol. The van der Waals surface area contributed by atoms with Crippen LogP contribution < -0.4 is 0 Å². The lowest BCUT2D eigenvalue weighted by Gasteiger charge is -2.01. The van der Waals surface area contributed by atoms with Gasteiger partial charge in [0.1, 0.15) is 0 Å². The molecular weight excluding hydrogens is 310 g/mol. The van der Waals surface area contributed by atoms with Gasteiger partial charge in [0.15, 0.2) is 0 Å². The van der Waals surface area contributed by atoms with Crippen molar-refractivity contribution in [3.8, 4) is 0 Å². The van der Waals surface area contributed by atoms with Crippen LogP contribution in [0.5, 0.6) is 0 Å².